The maximum absolute atomic E-state index is 12.2. The van der Waals surface area contributed by atoms with Gasteiger partial charge in [0.25, 0.3) is 5.91 Å². The van der Waals surface area contributed by atoms with Gasteiger partial charge in [0.1, 0.15) is 5.00 Å². The number of hydrogen-bond donors (Lipinski definition) is 3. The van der Waals surface area contributed by atoms with Gasteiger partial charge >= 0.3 is 6.03 Å². The molecule has 0 bridgehead atoms. The van der Waals surface area contributed by atoms with Crippen LogP contribution < -0.4 is 16.4 Å². The minimum atomic E-state index is -0.475. The molecule has 1 aromatic heterocycles. The molecule has 0 fully saturated rings. The first-order valence-corrected chi connectivity index (χ1v) is 8.97. The molecule has 0 saturated heterocycles. The van der Waals surface area contributed by atoms with Crippen LogP contribution in [0.4, 0.5) is 15.5 Å². The Kier molecular flexibility index (Phi) is 4.85. The lowest BCUT2D eigenvalue weighted by Gasteiger charge is -2.20. The fourth-order valence-corrected chi connectivity index (χ4v) is 4.50. The largest absolute Gasteiger partial charge is 0.365 e. The van der Waals surface area contributed by atoms with Gasteiger partial charge in [-0.1, -0.05) is 31.5 Å². The quantitative estimate of drug-likeness (QED) is 0.784. The fraction of sp³-hybridized carbons (Fsp3) is 0.333. The van der Waals surface area contributed by atoms with Crippen molar-refractivity contribution >= 4 is 34.0 Å². The Morgan fingerprint density at radius 1 is 1.25 bits per heavy atom. The first-order chi connectivity index (χ1) is 11.6. The van der Waals surface area contributed by atoms with Crippen molar-refractivity contribution in [1.82, 2.24) is 0 Å². The van der Waals surface area contributed by atoms with Crippen LogP contribution >= 0.6 is 11.3 Å². The zero-order chi connectivity index (χ0) is 17.1. The molecule has 5 nitrogen and oxygen atoms in total. The Labute approximate surface area is 145 Å². The molecular formula is C18H21N3O2S. The number of carbonyl (C=O) groups excluding carboxylic acids is 2. The Bertz CT molecular complexity index is 755. The molecule has 3 rings (SSSR count). The smallest absolute Gasteiger partial charge is 0.324 e. The molecule has 1 aliphatic rings. The summed E-state index contributed by atoms with van der Waals surface area (Å²) in [4.78, 5) is 25.3. The number of rotatable bonds is 4. The van der Waals surface area contributed by atoms with Gasteiger partial charge in [-0.15, -0.1) is 11.3 Å². The zero-order valence-corrected chi connectivity index (χ0v) is 14.4. The highest BCUT2D eigenvalue weighted by molar-refractivity contribution is 7.17. The van der Waals surface area contributed by atoms with Crippen LogP contribution in [-0.4, -0.2) is 11.9 Å². The second kappa shape index (κ2) is 7.05. The first-order valence-electron chi connectivity index (χ1n) is 8.15. The molecule has 2 aromatic rings. The second-order valence-electron chi connectivity index (χ2n) is 6.03. The van der Waals surface area contributed by atoms with Crippen molar-refractivity contribution in [3.8, 4) is 0 Å². The molecule has 1 aliphatic carbocycles. The van der Waals surface area contributed by atoms with E-state index in [2.05, 4.69) is 17.6 Å². The molecule has 3 amide bonds. The number of para-hydroxylation sites is 1. The molecule has 1 atom stereocenters. The molecule has 4 N–H and O–H groups in total. The van der Waals surface area contributed by atoms with E-state index >= 15 is 0 Å². The summed E-state index contributed by atoms with van der Waals surface area (Å²) in [6.07, 6.45) is 4.00. The van der Waals surface area contributed by atoms with Crippen LogP contribution in [0, 0.1) is 5.92 Å². The predicted molar refractivity (Wildman–Crippen MR) is 97.7 cm³/mol. The maximum atomic E-state index is 12.2. The van der Waals surface area contributed by atoms with Crippen LogP contribution in [-0.2, 0) is 12.8 Å². The van der Waals surface area contributed by atoms with Gasteiger partial charge in [0.2, 0.25) is 0 Å². The standard InChI is InChI=1S/C18H21N3O2S/c1-2-11-8-9-13-14(10-11)24-17(15(13)16(19)22)21-18(23)20-12-6-4-3-5-7-12/h3-7,11H,2,8-10H2,1H3,(H2,19,22)(H2,20,21,23). The lowest BCUT2D eigenvalue weighted by atomic mass is 9.85. The van der Waals surface area contributed by atoms with E-state index in [1.54, 1.807) is 12.1 Å². The topological polar surface area (TPSA) is 84.2 Å². The Morgan fingerprint density at radius 2 is 2.00 bits per heavy atom. The van der Waals surface area contributed by atoms with Gasteiger partial charge in [0.05, 0.1) is 5.56 Å². The normalized spacial score (nSPS) is 16.3. The minimum absolute atomic E-state index is 0.366. The van der Waals surface area contributed by atoms with Crippen molar-refractivity contribution in [3.05, 3.63) is 46.3 Å². The van der Waals surface area contributed by atoms with E-state index in [4.69, 9.17) is 5.73 Å². The van der Waals surface area contributed by atoms with Crippen LogP contribution in [0.2, 0.25) is 0 Å². The molecule has 0 saturated carbocycles. The maximum Gasteiger partial charge on any atom is 0.324 e. The van der Waals surface area contributed by atoms with E-state index in [1.807, 2.05) is 18.2 Å². The first kappa shape index (κ1) is 16.5. The van der Waals surface area contributed by atoms with Gasteiger partial charge < -0.3 is 11.1 Å². The summed E-state index contributed by atoms with van der Waals surface area (Å²) in [5.74, 6) is 0.167. The summed E-state index contributed by atoms with van der Waals surface area (Å²) in [7, 11) is 0. The lowest BCUT2D eigenvalue weighted by molar-refractivity contribution is 0.1000. The third-order valence-corrected chi connectivity index (χ3v) is 5.62. The third-order valence-electron chi connectivity index (χ3n) is 4.45. The van der Waals surface area contributed by atoms with Crippen molar-refractivity contribution in [3.63, 3.8) is 0 Å². The van der Waals surface area contributed by atoms with Gasteiger partial charge in [-0.05, 0) is 42.9 Å². The van der Waals surface area contributed by atoms with E-state index in [-0.39, 0.29) is 6.03 Å². The Morgan fingerprint density at radius 3 is 2.67 bits per heavy atom. The van der Waals surface area contributed by atoms with Crippen LogP contribution in [0.5, 0.6) is 0 Å². The number of primary amides is 1. The molecule has 0 radical (unpaired) electrons. The number of urea groups is 1. The zero-order valence-electron chi connectivity index (χ0n) is 13.6. The molecule has 126 valence electrons. The number of benzene rings is 1. The average Bonchev–Trinajstić information content (AvgIpc) is 2.92. The van der Waals surface area contributed by atoms with E-state index in [0.717, 1.165) is 31.2 Å². The minimum Gasteiger partial charge on any atom is -0.365 e. The van der Waals surface area contributed by atoms with Crippen LogP contribution in [0.15, 0.2) is 30.3 Å². The summed E-state index contributed by atoms with van der Waals surface area (Å²) >= 11 is 1.48. The number of fused-ring (bicyclic) bond motifs is 1. The lowest BCUT2D eigenvalue weighted by Crippen LogP contribution is -2.22. The number of carbonyl (C=O) groups is 2. The van der Waals surface area contributed by atoms with E-state index < -0.39 is 5.91 Å². The molecule has 0 aliphatic heterocycles. The monoisotopic (exact) mass is 343 g/mol. The molecular weight excluding hydrogens is 322 g/mol. The van der Waals surface area contributed by atoms with Gasteiger partial charge in [-0.2, -0.15) is 0 Å². The highest BCUT2D eigenvalue weighted by Crippen LogP contribution is 2.40. The number of anilines is 2. The van der Waals surface area contributed by atoms with Crippen molar-refractivity contribution in [2.75, 3.05) is 10.6 Å². The van der Waals surface area contributed by atoms with E-state index in [9.17, 15) is 9.59 Å². The number of nitrogens with one attached hydrogen (secondary N) is 2. The number of thiophene rings is 1. The summed E-state index contributed by atoms with van der Waals surface area (Å²) in [5, 5.41) is 6.11. The predicted octanol–water partition coefficient (Wildman–Crippen LogP) is 4.01. The highest BCUT2D eigenvalue weighted by atomic mass is 32.1. The SMILES string of the molecule is CCC1CCc2c(sc(NC(=O)Nc3ccccc3)c2C(N)=O)C1. The molecule has 1 unspecified atom stereocenters. The number of amides is 3. The van der Waals surface area contributed by atoms with Crippen LogP contribution in [0.25, 0.3) is 0 Å². The summed E-state index contributed by atoms with van der Waals surface area (Å²) < 4.78 is 0. The van der Waals surface area contributed by atoms with E-state index in [0.29, 0.717) is 22.2 Å². The van der Waals surface area contributed by atoms with Crippen molar-refractivity contribution in [1.29, 1.82) is 0 Å². The van der Waals surface area contributed by atoms with Crippen LogP contribution in [0.3, 0.4) is 0 Å². The van der Waals surface area contributed by atoms with Gasteiger partial charge in [0.15, 0.2) is 0 Å². The molecule has 1 heterocycles. The van der Waals surface area contributed by atoms with Gasteiger partial charge in [0, 0.05) is 10.6 Å². The molecule has 1 aromatic carbocycles. The van der Waals surface area contributed by atoms with Gasteiger partial charge in [-0.25, -0.2) is 4.79 Å². The van der Waals surface area contributed by atoms with Crippen molar-refractivity contribution < 1.29 is 9.59 Å². The third kappa shape index (κ3) is 3.43. The fourth-order valence-electron chi connectivity index (χ4n) is 3.14. The summed E-state index contributed by atoms with van der Waals surface area (Å²) in [6, 6.07) is 8.82. The number of nitrogens with two attached hydrogens (primary N) is 1. The Balaban J connectivity index is 1.81. The second-order valence-corrected chi connectivity index (χ2v) is 7.14. The molecule has 0 spiro atoms. The van der Waals surface area contributed by atoms with Gasteiger partial charge in [-0.3, -0.25) is 10.1 Å². The number of hydrogen-bond acceptors (Lipinski definition) is 3. The van der Waals surface area contributed by atoms with Crippen molar-refractivity contribution in [2.24, 2.45) is 11.7 Å². The summed E-state index contributed by atoms with van der Waals surface area (Å²) in [6.45, 7) is 2.19. The highest BCUT2D eigenvalue weighted by Gasteiger charge is 2.28. The van der Waals surface area contributed by atoms with E-state index in [1.165, 1.54) is 16.2 Å². The molecule has 6 heteroatoms. The molecule has 24 heavy (non-hydrogen) atoms. The Hall–Kier alpha value is -2.34. The van der Waals surface area contributed by atoms with Crippen LogP contribution in [0.1, 0.15) is 40.6 Å². The van der Waals surface area contributed by atoms with Crippen molar-refractivity contribution in [2.45, 2.75) is 32.6 Å². The average molecular weight is 343 g/mol. The summed E-state index contributed by atoms with van der Waals surface area (Å²) in [5.41, 5.74) is 7.77.